The van der Waals surface area contributed by atoms with Crippen molar-refractivity contribution in [2.45, 2.75) is 37.3 Å². The highest BCUT2D eigenvalue weighted by Crippen LogP contribution is 2.46. The van der Waals surface area contributed by atoms with Crippen molar-refractivity contribution in [2.75, 3.05) is 0 Å². The molecule has 6 nitrogen and oxygen atoms in total. The highest BCUT2D eigenvalue weighted by molar-refractivity contribution is 5.91. The third-order valence-electron chi connectivity index (χ3n) is 6.78. The molecule has 3 heterocycles. The number of nitrogens with zero attached hydrogens (tertiary/aromatic N) is 4. The van der Waals surface area contributed by atoms with Crippen molar-refractivity contribution in [2.24, 2.45) is 5.73 Å². The predicted molar refractivity (Wildman–Crippen MR) is 130 cm³/mol. The van der Waals surface area contributed by atoms with E-state index in [-0.39, 0.29) is 0 Å². The molecule has 0 amide bonds. The van der Waals surface area contributed by atoms with Crippen LogP contribution in [0.25, 0.3) is 39.1 Å². The second-order valence-electron chi connectivity index (χ2n) is 9.62. The summed E-state index contributed by atoms with van der Waals surface area (Å²) in [6.07, 6.45) is -1.76. The Kier molecular flexibility index (Phi) is 4.74. The molecule has 6 rings (SSSR count). The van der Waals surface area contributed by atoms with Crippen molar-refractivity contribution < 1.29 is 13.9 Å². The molecule has 5 aromatic rings. The van der Waals surface area contributed by atoms with Crippen LogP contribution < -0.4 is 5.73 Å². The van der Waals surface area contributed by atoms with E-state index < -0.39 is 23.4 Å². The number of benzene rings is 2. The van der Waals surface area contributed by atoms with Gasteiger partial charge in [0.15, 0.2) is 5.65 Å². The standard InChI is InChI=1S/C27H23F2N5O/c1-26(35)14-27(30,15-26)18-9-7-17(8-10-18)23-19(16-5-3-2-4-6-16)13-21-20(31-23)11-12-22-32-33-25(24(28)29)34(21)22/h2-13,24,35H,14-15,30H2,1H3. The minimum atomic E-state index is -2.76. The molecular weight excluding hydrogens is 448 g/mol. The van der Waals surface area contributed by atoms with Gasteiger partial charge in [-0.15, -0.1) is 10.2 Å². The maximum absolute atomic E-state index is 13.7. The summed E-state index contributed by atoms with van der Waals surface area (Å²) in [4.78, 5) is 4.91. The van der Waals surface area contributed by atoms with E-state index >= 15 is 0 Å². The Morgan fingerprint density at radius 1 is 0.943 bits per heavy atom. The second-order valence-corrected chi connectivity index (χ2v) is 9.62. The topological polar surface area (TPSA) is 89.3 Å². The lowest BCUT2D eigenvalue weighted by atomic mass is 9.63. The number of nitrogens with two attached hydrogens (primary N) is 1. The van der Waals surface area contributed by atoms with Gasteiger partial charge in [0.05, 0.1) is 22.3 Å². The molecule has 1 fully saturated rings. The number of aromatic nitrogens is 4. The summed E-state index contributed by atoms with van der Waals surface area (Å²) >= 11 is 0. The smallest absolute Gasteiger partial charge is 0.297 e. The van der Waals surface area contributed by atoms with Crippen LogP contribution in [0, 0.1) is 0 Å². The zero-order chi connectivity index (χ0) is 24.4. The van der Waals surface area contributed by atoms with Gasteiger partial charge in [0.2, 0.25) is 5.82 Å². The van der Waals surface area contributed by atoms with E-state index in [1.807, 2.05) is 60.7 Å². The molecule has 0 unspecified atom stereocenters. The molecule has 1 aliphatic rings. The first-order chi connectivity index (χ1) is 16.7. The first-order valence-corrected chi connectivity index (χ1v) is 11.4. The first kappa shape index (κ1) is 21.8. The average molecular weight is 472 g/mol. The highest BCUT2D eigenvalue weighted by atomic mass is 19.3. The van der Waals surface area contributed by atoms with Crippen LogP contribution in [-0.2, 0) is 5.54 Å². The lowest BCUT2D eigenvalue weighted by Gasteiger charge is -2.49. The Labute approximate surface area is 200 Å². The van der Waals surface area contributed by atoms with Crippen LogP contribution in [0.2, 0.25) is 0 Å². The lowest BCUT2D eigenvalue weighted by Crippen LogP contribution is -2.58. The molecule has 0 aliphatic heterocycles. The van der Waals surface area contributed by atoms with Gasteiger partial charge < -0.3 is 10.8 Å². The van der Waals surface area contributed by atoms with Gasteiger partial charge >= 0.3 is 0 Å². The van der Waals surface area contributed by atoms with Crippen LogP contribution >= 0.6 is 0 Å². The van der Waals surface area contributed by atoms with Crippen LogP contribution in [0.4, 0.5) is 8.78 Å². The second kappa shape index (κ2) is 7.63. The van der Waals surface area contributed by atoms with Gasteiger partial charge in [0.25, 0.3) is 6.43 Å². The molecule has 0 atom stereocenters. The van der Waals surface area contributed by atoms with E-state index in [1.165, 1.54) is 4.40 Å². The van der Waals surface area contributed by atoms with E-state index in [4.69, 9.17) is 10.7 Å². The van der Waals surface area contributed by atoms with Crippen molar-refractivity contribution >= 4 is 16.7 Å². The predicted octanol–water partition coefficient (Wildman–Crippen LogP) is 5.25. The Morgan fingerprint density at radius 2 is 1.66 bits per heavy atom. The zero-order valence-corrected chi connectivity index (χ0v) is 19.0. The fourth-order valence-corrected chi connectivity index (χ4v) is 5.31. The molecular formula is C27H23F2N5O. The largest absolute Gasteiger partial charge is 0.390 e. The van der Waals surface area contributed by atoms with Crippen molar-refractivity contribution in [3.63, 3.8) is 0 Å². The summed E-state index contributed by atoms with van der Waals surface area (Å²) in [5, 5.41) is 17.8. The maximum atomic E-state index is 13.7. The molecule has 1 saturated carbocycles. The molecule has 1 aliphatic carbocycles. The van der Waals surface area contributed by atoms with Crippen LogP contribution in [0.3, 0.4) is 0 Å². The van der Waals surface area contributed by atoms with E-state index in [0.717, 1.165) is 27.9 Å². The molecule has 2 aromatic carbocycles. The fourth-order valence-electron chi connectivity index (χ4n) is 5.31. The molecule has 8 heteroatoms. The van der Waals surface area contributed by atoms with Crippen LogP contribution in [0.15, 0.2) is 72.8 Å². The van der Waals surface area contributed by atoms with Crippen molar-refractivity contribution in [3.05, 3.63) is 84.2 Å². The van der Waals surface area contributed by atoms with Crippen LogP contribution in [-0.4, -0.2) is 30.3 Å². The van der Waals surface area contributed by atoms with Gasteiger partial charge in [-0.25, -0.2) is 13.8 Å². The number of alkyl halides is 2. The van der Waals surface area contributed by atoms with Crippen molar-refractivity contribution in [1.29, 1.82) is 0 Å². The number of hydrogen-bond acceptors (Lipinski definition) is 5. The van der Waals surface area contributed by atoms with Gasteiger partial charge in [0, 0.05) is 16.7 Å². The number of pyridine rings is 2. The number of fused-ring (bicyclic) bond motifs is 3. The summed E-state index contributed by atoms with van der Waals surface area (Å²) in [5.74, 6) is -0.409. The third-order valence-corrected chi connectivity index (χ3v) is 6.78. The summed E-state index contributed by atoms with van der Waals surface area (Å²) in [6, 6.07) is 22.9. The van der Waals surface area contributed by atoms with Gasteiger partial charge in [0.1, 0.15) is 0 Å². The molecule has 3 N–H and O–H groups in total. The van der Waals surface area contributed by atoms with Crippen molar-refractivity contribution in [3.8, 4) is 22.4 Å². The average Bonchev–Trinajstić information content (AvgIpc) is 3.28. The number of rotatable bonds is 4. The zero-order valence-electron chi connectivity index (χ0n) is 19.0. The molecule has 3 aromatic heterocycles. The van der Waals surface area contributed by atoms with Crippen LogP contribution in [0.5, 0.6) is 0 Å². The van der Waals surface area contributed by atoms with Gasteiger partial charge in [-0.3, -0.25) is 4.40 Å². The maximum Gasteiger partial charge on any atom is 0.297 e. The molecule has 0 radical (unpaired) electrons. The molecule has 0 spiro atoms. The molecule has 176 valence electrons. The highest BCUT2D eigenvalue weighted by Gasteiger charge is 2.49. The Balaban J connectivity index is 1.54. The quantitative estimate of drug-likeness (QED) is 0.374. The summed E-state index contributed by atoms with van der Waals surface area (Å²) in [5.41, 5.74) is 10.9. The number of aliphatic hydroxyl groups is 1. The Hall–Kier alpha value is -3.75. The van der Waals surface area contributed by atoms with Gasteiger partial charge in [-0.05, 0) is 49.1 Å². The summed E-state index contributed by atoms with van der Waals surface area (Å²) in [7, 11) is 0. The van der Waals surface area contributed by atoms with E-state index in [9.17, 15) is 13.9 Å². The Morgan fingerprint density at radius 3 is 2.31 bits per heavy atom. The fraction of sp³-hybridized carbons (Fsp3) is 0.222. The first-order valence-electron chi connectivity index (χ1n) is 11.4. The summed E-state index contributed by atoms with van der Waals surface area (Å²) in [6.45, 7) is 1.80. The lowest BCUT2D eigenvalue weighted by molar-refractivity contribution is -0.0738. The summed E-state index contributed by atoms with van der Waals surface area (Å²) < 4.78 is 28.7. The number of halogens is 2. The minimum absolute atomic E-state index is 0.343. The van der Waals surface area contributed by atoms with E-state index in [1.54, 1.807) is 19.1 Å². The van der Waals surface area contributed by atoms with E-state index in [2.05, 4.69) is 10.2 Å². The third kappa shape index (κ3) is 3.57. The number of hydrogen-bond donors (Lipinski definition) is 2. The molecule has 0 bridgehead atoms. The van der Waals surface area contributed by atoms with Gasteiger partial charge in [-0.2, -0.15) is 0 Å². The molecule has 0 saturated heterocycles. The Bertz CT molecular complexity index is 1550. The van der Waals surface area contributed by atoms with Crippen molar-refractivity contribution in [1.82, 2.24) is 19.6 Å². The monoisotopic (exact) mass is 471 g/mol. The van der Waals surface area contributed by atoms with Gasteiger partial charge in [-0.1, -0.05) is 54.6 Å². The van der Waals surface area contributed by atoms with Crippen LogP contribution in [0.1, 0.15) is 37.6 Å². The minimum Gasteiger partial charge on any atom is -0.390 e. The SMILES string of the molecule is CC1(O)CC(N)(c2ccc(-c3nc4ccc5nnc(C(F)F)n5c4cc3-c3ccccc3)cc2)C1. The molecule has 35 heavy (non-hydrogen) atoms. The van der Waals surface area contributed by atoms with E-state index in [0.29, 0.717) is 29.5 Å². The normalized spacial score (nSPS) is 22.1.